The van der Waals surface area contributed by atoms with Crippen molar-refractivity contribution in [3.8, 4) is 0 Å². The van der Waals surface area contributed by atoms with Gasteiger partial charge in [0.2, 0.25) is 0 Å². The number of hydrogen-bond acceptors (Lipinski definition) is 4. The second-order valence-electron chi connectivity index (χ2n) is 4.85. The molecule has 0 unspecified atom stereocenters. The van der Waals surface area contributed by atoms with Crippen LogP contribution in [0.15, 0.2) is 10.4 Å². The van der Waals surface area contributed by atoms with E-state index in [4.69, 9.17) is 4.74 Å². The van der Waals surface area contributed by atoms with E-state index in [-0.39, 0.29) is 0 Å². The van der Waals surface area contributed by atoms with Crippen molar-refractivity contribution in [2.24, 2.45) is 4.99 Å². The van der Waals surface area contributed by atoms with E-state index in [9.17, 15) is 0 Å². The minimum Gasteiger partial charge on any atom is -0.381 e. The molecule has 0 saturated heterocycles. The van der Waals surface area contributed by atoms with Gasteiger partial charge in [0.15, 0.2) is 5.96 Å². The molecule has 0 radical (unpaired) electrons. The second kappa shape index (κ2) is 11.5. The number of aromatic nitrogens is 1. The molecule has 0 saturated carbocycles. The molecule has 0 spiro atoms. The van der Waals surface area contributed by atoms with Crippen LogP contribution in [0, 0.1) is 6.92 Å². The number of hydrogen-bond donors (Lipinski definition) is 2. The Morgan fingerprint density at radius 2 is 2.05 bits per heavy atom. The third-order valence-corrected chi connectivity index (χ3v) is 3.79. The molecule has 1 aromatic heterocycles. The number of rotatable bonds is 10. The van der Waals surface area contributed by atoms with Crippen LogP contribution in [0.25, 0.3) is 0 Å². The molecule has 0 aliphatic carbocycles. The maximum atomic E-state index is 5.52. The summed E-state index contributed by atoms with van der Waals surface area (Å²) in [6.07, 6.45) is 4.25. The van der Waals surface area contributed by atoms with Gasteiger partial charge in [-0.2, -0.15) is 0 Å². The van der Waals surface area contributed by atoms with Crippen molar-refractivity contribution in [2.45, 2.75) is 39.5 Å². The Morgan fingerprint density at radius 1 is 1.29 bits per heavy atom. The summed E-state index contributed by atoms with van der Waals surface area (Å²) in [5, 5.41) is 9.83. The van der Waals surface area contributed by atoms with Crippen molar-refractivity contribution in [1.82, 2.24) is 15.6 Å². The molecule has 5 nitrogen and oxygen atoms in total. The van der Waals surface area contributed by atoms with Gasteiger partial charge < -0.3 is 15.4 Å². The molecule has 0 fully saturated rings. The number of ether oxygens (including phenoxy) is 1. The van der Waals surface area contributed by atoms with E-state index in [1.165, 1.54) is 6.42 Å². The lowest BCUT2D eigenvalue weighted by Crippen LogP contribution is -2.39. The van der Waals surface area contributed by atoms with Gasteiger partial charge in [-0.1, -0.05) is 13.3 Å². The molecule has 1 rings (SSSR count). The van der Waals surface area contributed by atoms with Gasteiger partial charge in [-0.05, 0) is 19.8 Å². The van der Waals surface area contributed by atoms with Gasteiger partial charge in [0.25, 0.3) is 0 Å². The van der Waals surface area contributed by atoms with E-state index in [0.717, 1.165) is 62.2 Å². The number of aliphatic imine (C=N–C) groups is 1. The Bertz CT molecular complexity index is 406. The predicted molar refractivity (Wildman–Crippen MR) is 90.3 cm³/mol. The normalized spacial score (nSPS) is 11.7. The molecule has 6 heteroatoms. The largest absolute Gasteiger partial charge is 0.381 e. The van der Waals surface area contributed by atoms with Gasteiger partial charge in [-0.3, -0.25) is 4.99 Å². The number of unbranched alkanes of at least 4 members (excludes halogenated alkanes) is 1. The van der Waals surface area contributed by atoms with E-state index >= 15 is 0 Å². The van der Waals surface area contributed by atoms with Gasteiger partial charge in [0.1, 0.15) is 0 Å². The third-order valence-electron chi connectivity index (χ3n) is 2.96. The number of aryl methyl sites for hydroxylation is 1. The van der Waals surface area contributed by atoms with Crippen molar-refractivity contribution in [3.05, 3.63) is 16.1 Å². The smallest absolute Gasteiger partial charge is 0.190 e. The second-order valence-corrected chi connectivity index (χ2v) is 5.92. The fourth-order valence-electron chi connectivity index (χ4n) is 1.78. The molecule has 0 atom stereocenters. The zero-order valence-corrected chi connectivity index (χ0v) is 14.3. The van der Waals surface area contributed by atoms with Crippen LogP contribution in [0.5, 0.6) is 0 Å². The van der Waals surface area contributed by atoms with Crippen molar-refractivity contribution in [1.29, 1.82) is 0 Å². The molecule has 0 aliphatic heterocycles. The summed E-state index contributed by atoms with van der Waals surface area (Å²) in [7, 11) is 1.79. The summed E-state index contributed by atoms with van der Waals surface area (Å²) >= 11 is 1.70. The Hall–Kier alpha value is -1.14. The highest BCUT2D eigenvalue weighted by Gasteiger charge is 2.00. The topological polar surface area (TPSA) is 58.5 Å². The lowest BCUT2D eigenvalue weighted by atomic mass is 10.3. The average Bonchev–Trinajstić information content (AvgIpc) is 2.90. The van der Waals surface area contributed by atoms with E-state index in [0.29, 0.717) is 0 Å². The van der Waals surface area contributed by atoms with Gasteiger partial charge in [-0.25, -0.2) is 4.98 Å². The van der Waals surface area contributed by atoms with E-state index in [2.05, 4.69) is 32.9 Å². The Labute approximate surface area is 132 Å². The molecule has 21 heavy (non-hydrogen) atoms. The zero-order valence-electron chi connectivity index (χ0n) is 13.4. The first-order chi connectivity index (χ1) is 10.3. The molecule has 0 amide bonds. The summed E-state index contributed by atoms with van der Waals surface area (Å²) < 4.78 is 5.52. The highest BCUT2D eigenvalue weighted by atomic mass is 32.1. The van der Waals surface area contributed by atoms with Gasteiger partial charge >= 0.3 is 0 Å². The van der Waals surface area contributed by atoms with Crippen molar-refractivity contribution in [3.63, 3.8) is 0 Å². The molecule has 120 valence electrons. The van der Waals surface area contributed by atoms with Crippen LogP contribution in [0.2, 0.25) is 0 Å². The molecule has 1 aromatic rings. The van der Waals surface area contributed by atoms with Crippen molar-refractivity contribution in [2.75, 3.05) is 33.4 Å². The lowest BCUT2D eigenvalue weighted by Gasteiger charge is -2.11. The van der Waals surface area contributed by atoms with E-state index in [1.54, 1.807) is 18.4 Å². The minimum absolute atomic E-state index is 0.808. The molecule has 0 aliphatic rings. The summed E-state index contributed by atoms with van der Waals surface area (Å²) in [6, 6.07) is 0. The molecular formula is C15H28N4OS. The van der Waals surface area contributed by atoms with Crippen LogP contribution in [-0.4, -0.2) is 44.3 Å². The van der Waals surface area contributed by atoms with Crippen LogP contribution in [-0.2, 0) is 11.2 Å². The zero-order chi connectivity index (χ0) is 15.3. The number of nitrogens with one attached hydrogen (secondary N) is 2. The quantitative estimate of drug-likeness (QED) is 0.396. The third kappa shape index (κ3) is 8.67. The molecule has 0 aromatic carbocycles. The fraction of sp³-hybridized carbons (Fsp3) is 0.733. The first-order valence-electron chi connectivity index (χ1n) is 7.69. The van der Waals surface area contributed by atoms with Crippen LogP contribution >= 0.6 is 11.3 Å². The average molecular weight is 312 g/mol. The Morgan fingerprint density at radius 3 is 2.71 bits per heavy atom. The van der Waals surface area contributed by atoms with Crippen molar-refractivity contribution >= 4 is 17.3 Å². The Kier molecular flexibility index (Phi) is 9.82. The monoisotopic (exact) mass is 312 g/mol. The van der Waals surface area contributed by atoms with E-state index < -0.39 is 0 Å². The highest BCUT2D eigenvalue weighted by Crippen LogP contribution is 2.07. The minimum atomic E-state index is 0.808. The summed E-state index contributed by atoms with van der Waals surface area (Å²) in [5.41, 5.74) is 1.14. The summed E-state index contributed by atoms with van der Waals surface area (Å²) in [5.74, 6) is 0.843. The highest BCUT2D eigenvalue weighted by molar-refractivity contribution is 7.09. The standard InChI is InChI=1S/C15H28N4OS/c1-4-5-10-20-11-6-8-17-15(16-3)18-9-7-14-12-21-13(2)19-14/h12H,4-11H2,1-3H3,(H2,16,17,18). The van der Waals surface area contributed by atoms with Crippen molar-refractivity contribution < 1.29 is 4.74 Å². The van der Waals surface area contributed by atoms with Crippen LogP contribution in [0.4, 0.5) is 0 Å². The molecular weight excluding hydrogens is 284 g/mol. The van der Waals surface area contributed by atoms with Crippen LogP contribution in [0.1, 0.15) is 36.9 Å². The van der Waals surface area contributed by atoms with Gasteiger partial charge in [0, 0.05) is 45.2 Å². The Balaban J connectivity index is 2.04. The predicted octanol–water partition coefficient (Wildman–Crippen LogP) is 2.37. The number of nitrogens with zero attached hydrogens (tertiary/aromatic N) is 2. The molecule has 0 bridgehead atoms. The van der Waals surface area contributed by atoms with Gasteiger partial charge in [0.05, 0.1) is 10.7 Å². The molecule has 1 heterocycles. The van der Waals surface area contributed by atoms with Crippen LogP contribution in [0.3, 0.4) is 0 Å². The van der Waals surface area contributed by atoms with E-state index in [1.807, 2.05) is 6.92 Å². The maximum Gasteiger partial charge on any atom is 0.190 e. The first-order valence-corrected chi connectivity index (χ1v) is 8.57. The maximum absolute atomic E-state index is 5.52. The number of thiazole rings is 1. The molecule has 2 N–H and O–H groups in total. The number of guanidine groups is 1. The van der Waals surface area contributed by atoms with Crippen LogP contribution < -0.4 is 10.6 Å². The fourth-order valence-corrected chi connectivity index (χ4v) is 2.43. The summed E-state index contributed by atoms with van der Waals surface area (Å²) in [4.78, 5) is 8.65. The summed E-state index contributed by atoms with van der Waals surface area (Å²) in [6.45, 7) is 7.61. The van der Waals surface area contributed by atoms with Gasteiger partial charge in [-0.15, -0.1) is 11.3 Å². The SMILES string of the molecule is CCCCOCCCNC(=NC)NCCc1csc(C)n1. The first kappa shape index (κ1) is 17.9. The lowest BCUT2D eigenvalue weighted by molar-refractivity contribution is 0.129.